The molecule has 126 valence electrons. The number of benzene rings is 2. The third kappa shape index (κ3) is 4.41. The summed E-state index contributed by atoms with van der Waals surface area (Å²) in [4.78, 5) is 24.7. The molecule has 0 aliphatic carbocycles. The molecule has 0 aliphatic rings. The van der Waals surface area contributed by atoms with Gasteiger partial charge in [0.2, 0.25) is 5.91 Å². The smallest absolute Gasteiger partial charge is 0.335 e. The second-order valence-corrected chi connectivity index (χ2v) is 5.88. The van der Waals surface area contributed by atoms with Crippen molar-refractivity contribution in [3.63, 3.8) is 0 Å². The van der Waals surface area contributed by atoms with Crippen LogP contribution in [0.25, 0.3) is 0 Å². The van der Waals surface area contributed by atoms with E-state index < -0.39 is 5.97 Å². The lowest BCUT2D eigenvalue weighted by Gasteiger charge is -2.20. The lowest BCUT2D eigenvalue weighted by molar-refractivity contribution is -0.130. The Kier molecular flexibility index (Phi) is 5.68. The van der Waals surface area contributed by atoms with Crippen LogP contribution in [0.5, 0.6) is 0 Å². The second-order valence-electron chi connectivity index (χ2n) is 5.88. The Hall–Kier alpha value is -2.69. The first-order valence-corrected chi connectivity index (χ1v) is 7.69. The van der Waals surface area contributed by atoms with Crippen molar-refractivity contribution in [2.45, 2.75) is 25.8 Å². The van der Waals surface area contributed by atoms with Gasteiger partial charge in [-0.15, -0.1) is 0 Å². The fourth-order valence-corrected chi connectivity index (χ4v) is 2.52. The van der Waals surface area contributed by atoms with Crippen molar-refractivity contribution in [2.75, 3.05) is 7.05 Å². The predicted molar refractivity (Wildman–Crippen MR) is 89.3 cm³/mol. The van der Waals surface area contributed by atoms with E-state index in [9.17, 15) is 14.0 Å². The SMILES string of the molecule is CC(CC(=O)N(C)Cc1ccc(C(=O)O)cc1)c1ccccc1F. The summed E-state index contributed by atoms with van der Waals surface area (Å²) < 4.78 is 13.8. The molecule has 2 aromatic rings. The van der Waals surface area contributed by atoms with Crippen LogP contribution >= 0.6 is 0 Å². The Balaban J connectivity index is 1.97. The summed E-state index contributed by atoms with van der Waals surface area (Å²) >= 11 is 0. The van der Waals surface area contributed by atoms with Crippen LogP contribution in [0.3, 0.4) is 0 Å². The molecule has 5 heteroatoms. The highest BCUT2D eigenvalue weighted by atomic mass is 19.1. The Labute approximate surface area is 140 Å². The number of carboxylic acids is 1. The maximum Gasteiger partial charge on any atom is 0.335 e. The van der Waals surface area contributed by atoms with Crippen molar-refractivity contribution in [3.8, 4) is 0 Å². The van der Waals surface area contributed by atoms with E-state index in [0.717, 1.165) is 5.56 Å². The molecule has 0 saturated carbocycles. The number of aromatic carboxylic acids is 1. The van der Waals surface area contributed by atoms with Crippen molar-refractivity contribution in [1.29, 1.82) is 0 Å². The summed E-state index contributed by atoms with van der Waals surface area (Å²) in [5.74, 6) is -1.59. The van der Waals surface area contributed by atoms with Crippen molar-refractivity contribution in [2.24, 2.45) is 0 Å². The van der Waals surface area contributed by atoms with E-state index in [4.69, 9.17) is 5.11 Å². The molecule has 0 heterocycles. The van der Waals surface area contributed by atoms with Gasteiger partial charge in [0.05, 0.1) is 5.56 Å². The molecule has 1 unspecified atom stereocenters. The largest absolute Gasteiger partial charge is 0.478 e. The van der Waals surface area contributed by atoms with Crippen molar-refractivity contribution in [3.05, 3.63) is 71.0 Å². The van der Waals surface area contributed by atoms with Crippen LogP contribution in [0.4, 0.5) is 4.39 Å². The van der Waals surface area contributed by atoms with Gasteiger partial charge in [-0.3, -0.25) is 4.79 Å². The first-order valence-electron chi connectivity index (χ1n) is 7.69. The molecule has 0 radical (unpaired) electrons. The molecule has 0 spiro atoms. The monoisotopic (exact) mass is 329 g/mol. The number of amides is 1. The number of hydrogen-bond donors (Lipinski definition) is 1. The molecule has 0 bridgehead atoms. The summed E-state index contributed by atoms with van der Waals surface area (Å²) in [7, 11) is 1.68. The number of halogens is 1. The van der Waals surface area contributed by atoms with Gasteiger partial charge >= 0.3 is 5.97 Å². The minimum Gasteiger partial charge on any atom is -0.478 e. The third-order valence-corrected chi connectivity index (χ3v) is 3.96. The number of carbonyl (C=O) groups excluding carboxylic acids is 1. The molecular formula is C19H20FNO3. The molecule has 1 atom stereocenters. The highest BCUT2D eigenvalue weighted by Crippen LogP contribution is 2.22. The van der Waals surface area contributed by atoms with Crippen molar-refractivity contribution >= 4 is 11.9 Å². The van der Waals surface area contributed by atoms with E-state index in [1.165, 1.54) is 18.2 Å². The highest BCUT2D eigenvalue weighted by molar-refractivity contribution is 5.87. The fourth-order valence-electron chi connectivity index (χ4n) is 2.52. The zero-order valence-electron chi connectivity index (χ0n) is 13.7. The summed E-state index contributed by atoms with van der Waals surface area (Å²) in [5, 5.41) is 8.88. The Morgan fingerprint density at radius 3 is 2.33 bits per heavy atom. The van der Waals surface area contributed by atoms with E-state index in [1.807, 2.05) is 6.92 Å². The fraction of sp³-hybridized carbons (Fsp3) is 0.263. The van der Waals surface area contributed by atoms with Gasteiger partial charge in [0.25, 0.3) is 0 Å². The average molecular weight is 329 g/mol. The third-order valence-electron chi connectivity index (χ3n) is 3.96. The first-order chi connectivity index (χ1) is 11.4. The van der Waals surface area contributed by atoms with E-state index in [1.54, 1.807) is 42.3 Å². The lowest BCUT2D eigenvalue weighted by atomic mass is 9.96. The second kappa shape index (κ2) is 7.73. The van der Waals surface area contributed by atoms with Gasteiger partial charge in [-0.2, -0.15) is 0 Å². The van der Waals surface area contributed by atoms with Crippen LogP contribution < -0.4 is 0 Å². The zero-order valence-corrected chi connectivity index (χ0v) is 13.7. The molecule has 24 heavy (non-hydrogen) atoms. The Morgan fingerprint density at radius 1 is 1.12 bits per heavy atom. The van der Waals surface area contributed by atoms with E-state index in [-0.39, 0.29) is 29.6 Å². The van der Waals surface area contributed by atoms with Crippen LogP contribution in [0.2, 0.25) is 0 Å². The van der Waals surface area contributed by atoms with Crippen molar-refractivity contribution in [1.82, 2.24) is 4.90 Å². The van der Waals surface area contributed by atoms with Gasteiger partial charge in [0.15, 0.2) is 0 Å². The van der Waals surface area contributed by atoms with E-state index in [0.29, 0.717) is 12.1 Å². The molecule has 0 aromatic heterocycles. The van der Waals surface area contributed by atoms with Gasteiger partial charge in [-0.05, 0) is 35.2 Å². The molecule has 1 N–H and O–H groups in total. The van der Waals surface area contributed by atoms with Gasteiger partial charge in [-0.25, -0.2) is 9.18 Å². The zero-order chi connectivity index (χ0) is 17.7. The molecule has 4 nitrogen and oxygen atoms in total. The van der Waals surface area contributed by atoms with E-state index in [2.05, 4.69) is 0 Å². The summed E-state index contributed by atoms with van der Waals surface area (Å²) in [6.07, 6.45) is 0.213. The topological polar surface area (TPSA) is 57.6 Å². The molecule has 0 fully saturated rings. The highest BCUT2D eigenvalue weighted by Gasteiger charge is 2.17. The first kappa shape index (κ1) is 17.7. The molecule has 2 rings (SSSR count). The molecule has 0 saturated heterocycles. The Bertz CT molecular complexity index is 728. The number of hydrogen-bond acceptors (Lipinski definition) is 2. The van der Waals surface area contributed by atoms with Gasteiger partial charge in [-0.1, -0.05) is 37.3 Å². The predicted octanol–water partition coefficient (Wildman–Crippen LogP) is 3.68. The van der Waals surface area contributed by atoms with Crippen LogP contribution in [-0.4, -0.2) is 28.9 Å². The molecule has 2 aromatic carbocycles. The maximum absolute atomic E-state index is 13.8. The quantitative estimate of drug-likeness (QED) is 0.879. The van der Waals surface area contributed by atoms with Gasteiger partial charge < -0.3 is 10.0 Å². The minimum atomic E-state index is -0.982. The average Bonchev–Trinajstić information content (AvgIpc) is 2.55. The van der Waals surface area contributed by atoms with Crippen LogP contribution in [0.1, 0.15) is 40.7 Å². The molecular weight excluding hydrogens is 309 g/mol. The normalized spacial score (nSPS) is 11.8. The summed E-state index contributed by atoms with van der Waals surface area (Å²) in [5.41, 5.74) is 1.58. The summed E-state index contributed by atoms with van der Waals surface area (Å²) in [6.45, 7) is 2.20. The lowest BCUT2D eigenvalue weighted by Crippen LogP contribution is -2.27. The van der Waals surface area contributed by atoms with Crippen LogP contribution in [0.15, 0.2) is 48.5 Å². The van der Waals surface area contributed by atoms with Gasteiger partial charge in [0, 0.05) is 20.0 Å². The van der Waals surface area contributed by atoms with Crippen LogP contribution in [0, 0.1) is 5.82 Å². The van der Waals surface area contributed by atoms with Crippen LogP contribution in [-0.2, 0) is 11.3 Å². The van der Waals surface area contributed by atoms with Gasteiger partial charge in [0.1, 0.15) is 5.82 Å². The number of carboxylic acid groups (broad SMARTS) is 1. The molecule has 0 aliphatic heterocycles. The number of rotatable bonds is 6. The number of nitrogens with zero attached hydrogens (tertiary/aromatic N) is 1. The minimum absolute atomic E-state index is 0.0898. The Morgan fingerprint density at radius 2 is 1.75 bits per heavy atom. The maximum atomic E-state index is 13.8. The molecule has 1 amide bonds. The van der Waals surface area contributed by atoms with E-state index >= 15 is 0 Å². The summed E-state index contributed by atoms with van der Waals surface area (Å²) in [6, 6.07) is 12.9. The standard InChI is InChI=1S/C19H20FNO3/c1-13(16-5-3-4-6-17(16)20)11-18(22)21(2)12-14-7-9-15(10-8-14)19(23)24/h3-10,13H,11-12H2,1-2H3,(H,23,24). The van der Waals surface area contributed by atoms with Crippen molar-refractivity contribution < 1.29 is 19.1 Å². The number of carbonyl (C=O) groups is 2.